The summed E-state index contributed by atoms with van der Waals surface area (Å²) in [4.78, 5) is 0. The van der Waals surface area contributed by atoms with Crippen LogP contribution in [0.4, 0.5) is 0 Å². The summed E-state index contributed by atoms with van der Waals surface area (Å²) in [5, 5.41) is 19.2. The van der Waals surface area contributed by atoms with Gasteiger partial charge in [-0.2, -0.15) is 0 Å². The Balaban J connectivity index is 2.02. The van der Waals surface area contributed by atoms with E-state index >= 15 is 0 Å². The van der Waals surface area contributed by atoms with E-state index in [1.807, 2.05) is 30.3 Å². The lowest BCUT2D eigenvalue weighted by Gasteiger charge is -2.10. The van der Waals surface area contributed by atoms with E-state index in [4.69, 9.17) is 4.42 Å². The number of hydrogen-bond donors (Lipinski definition) is 1. The van der Waals surface area contributed by atoms with Gasteiger partial charge in [-0.05, 0) is 68.7 Å². The zero-order valence-electron chi connectivity index (χ0n) is 12.7. The molecular formula is C22H12O2. The Morgan fingerprint density at radius 3 is 1.88 bits per heavy atom. The quantitative estimate of drug-likeness (QED) is 0.268. The van der Waals surface area contributed by atoms with Crippen LogP contribution in [-0.4, -0.2) is 5.11 Å². The molecule has 0 aliphatic carbocycles. The van der Waals surface area contributed by atoms with Crippen molar-refractivity contribution in [2.24, 2.45) is 0 Å². The Labute approximate surface area is 136 Å². The molecule has 0 spiro atoms. The summed E-state index contributed by atoms with van der Waals surface area (Å²) in [7, 11) is 0. The molecule has 0 radical (unpaired) electrons. The molecule has 0 unspecified atom stereocenters. The summed E-state index contributed by atoms with van der Waals surface area (Å²) in [6, 6.07) is 22.4. The van der Waals surface area contributed by atoms with Gasteiger partial charge in [0.2, 0.25) is 0 Å². The smallest absolute Gasteiger partial charge is 0.136 e. The zero-order chi connectivity index (χ0) is 15.8. The first-order chi connectivity index (χ1) is 11.8. The molecule has 0 bridgehead atoms. The fourth-order valence-electron chi connectivity index (χ4n) is 4.05. The second kappa shape index (κ2) is 3.98. The molecule has 0 saturated heterocycles. The second-order valence-electron chi connectivity index (χ2n) is 6.39. The van der Waals surface area contributed by atoms with Gasteiger partial charge in [-0.25, -0.2) is 0 Å². The third-order valence-electron chi connectivity index (χ3n) is 5.06. The van der Waals surface area contributed by atoms with Crippen LogP contribution < -0.4 is 0 Å². The maximum atomic E-state index is 9.82. The molecule has 1 aromatic heterocycles. The van der Waals surface area contributed by atoms with Crippen molar-refractivity contribution in [2.75, 3.05) is 0 Å². The lowest BCUT2D eigenvalue weighted by molar-refractivity contribution is 0.476. The van der Waals surface area contributed by atoms with Crippen molar-refractivity contribution in [3.63, 3.8) is 0 Å². The Morgan fingerprint density at radius 1 is 0.583 bits per heavy atom. The van der Waals surface area contributed by atoms with Gasteiger partial charge < -0.3 is 9.52 Å². The topological polar surface area (TPSA) is 33.4 Å². The minimum absolute atomic E-state index is 0.294. The summed E-state index contributed by atoms with van der Waals surface area (Å²) < 4.78 is 6.06. The van der Waals surface area contributed by atoms with Crippen LogP contribution in [0.3, 0.4) is 0 Å². The van der Waals surface area contributed by atoms with Crippen LogP contribution in [0.25, 0.3) is 54.3 Å². The number of fused-ring (bicyclic) bond motifs is 4. The van der Waals surface area contributed by atoms with Crippen molar-refractivity contribution in [3.05, 3.63) is 66.7 Å². The highest BCUT2D eigenvalue weighted by atomic mass is 16.3. The number of phenols is 1. The van der Waals surface area contributed by atoms with E-state index in [0.29, 0.717) is 5.75 Å². The van der Waals surface area contributed by atoms with E-state index < -0.39 is 0 Å². The molecule has 0 aliphatic heterocycles. The van der Waals surface area contributed by atoms with Crippen LogP contribution in [0.15, 0.2) is 71.1 Å². The first kappa shape index (κ1) is 12.2. The first-order valence-electron chi connectivity index (χ1n) is 8.01. The van der Waals surface area contributed by atoms with Crippen molar-refractivity contribution in [2.45, 2.75) is 0 Å². The van der Waals surface area contributed by atoms with Gasteiger partial charge in [0.05, 0.1) is 0 Å². The molecule has 6 rings (SSSR count). The molecule has 0 saturated carbocycles. The van der Waals surface area contributed by atoms with Gasteiger partial charge in [0, 0.05) is 10.8 Å². The van der Waals surface area contributed by atoms with E-state index in [2.05, 4.69) is 30.3 Å². The number of aromatic hydroxyl groups is 1. The van der Waals surface area contributed by atoms with E-state index in [1.165, 1.54) is 32.3 Å². The molecule has 5 aromatic carbocycles. The highest BCUT2D eigenvalue weighted by Crippen LogP contribution is 2.43. The molecule has 1 N–H and O–H groups in total. The molecule has 6 aromatic rings. The van der Waals surface area contributed by atoms with Crippen LogP contribution in [0.5, 0.6) is 5.75 Å². The minimum Gasteiger partial charge on any atom is -0.508 e. The van der Waals surface area contributed by atoms with Crippen LogP contribution >= 0.6 is 0 Å². The van der Waals surface area contributed by atoms with Crippen LogP contribution in [0.2, 0.25) is 0 Å². The summed E-state index contributed by atoms with van der Waals surface area (Å²) in [5.41, 5.74) is 1.86. The van der Waals surface area contributed by atoms with Gasteiger partial charge in [0.15, 0.2) is 0 Å². The standard InChI is InChI=1S/C22H12O2/c23-14-8-7-12-10-17-15-3-1-5-19-21(15)22-16(4-2-6-20(22)24-19)18(17)11-13(12)9-14/h1-11,23H. The number of rotatable bonds is 0. The molecule has 0 atom stereocenters. The van der Waals surface area contributed by atoms with Crippen LogP contribution in [0.1, 0.15) is 0 Å². The summed E-state index contributed by atoms with van der Waals surface area (Å²) in [6.45, 7) is 0. The molecule has 112 valence electrons. The Hall–Kier alpha value is -3.26. The predicted molar refractivity (Wildman–Crippen MR) is 99.1 cm³/mol. The molecular weight excluding hydrogens is 296 g/mol. The lowest BCUT2D eigenvalue weighted by atomic mass is 9.92. The average molecular weight is 308 g/mol. The molecule has 0 amide bonds. The summed E-state index contributed by atoms with van der Waals surface area (Å²) in [5.74, 6) is 0.294. The van der Waals surface area contributed by atoms with E-state index in [-0.39, 0.29) is 0 Å². The van der Waals surface area contributed by atoms with Gasteiger partial charge in [-0.3, -0.25) is 0 Å². The first-order valence-corrected chi connectivity index (χ1v) is 8.01. The Bertz CT molecular complexity index is 1410. The van der Waals surface area contributed by atoms with E-state index in [9.17, 15) is 5.11 Å². The highest BCUT2D eigenvalue weighted by Gasteiger charge is 2.16. The lowest BCUT2D eigenvalue weighted by Crippen LogP contribution is -1.83. The molecule has 0 fully saturated rings. The fraction of sp³-hybridized carbons (Fsp3) is 0. The van der Waals surface area contributed by atoms with Gasteiger partial charge in [0.25, 0.3) is 0 Å². The van der Waals surface area contributed by atoms with E-state index in [1.54, 1.807) is 6.07 Å². The fourth-order valence-corrected chi connectivity index (χ4v) is 4.05. The monoisotopic (exact) mass is 308 g/mol. The summed E-state index contributed by atoms with van der Waals surface area (Å²) >= 11 is 0. The van der Waals surface area contributed by atoms with Gasteiger partial charge >= 0.3 is 0 Å². The molecule has 2 heteroatoms. The highest BCUT2D eigenvalue weighted by molar-refractivity contribution is 6.33. The summed E-state index contributed by atoms with van der Waals surface area (Å²) in [6.07, 6.45) is 0. The van der Waals surface area contributed by atoms with Crippen molar-refractivity contribution < 1.29 is 9.52 Å². The number of furan rings is 1. The van der Waals surface area contributed by atoms with Crippen LogP contribution in [0, 0.1) is 0 Å². The van der Waals surface area contributed by atoms with Gasteiger partial charge in [-0.1, -0.05) is 30.3 Å². The molecule has 1 heterocycles. The number of phenolic OH excluding ortho intramolecular Hbond substituents is 1. The van der Waals surface area contributed by atoms with Crippen molar-refractivity contribution in [1.82, 2.24) is 0 Å². The maximum Gasteiger partial charge on any atom is 0.136 e. The van der Waals surface area contributed by atoms with Crippen molar-refractivity contribution in [1.29, 1.82) is 0 Å². The zero-order valence-corrected chi connectivity index (χ0v) is 12.7. The maximum absolute atomic E-state index is 9.82. The SMILES string of the molecule is Oc1ccc2cc3c(cc2c1)c1cccc2oc4cccc3c4c21. The third kappa shape index (κ3) is 1.36. The third-order valence-corrected chi connectivity index (χ3v) is 5.06. The second-order valence-corrected chi connectivity index (χ2v) is 6.39. The predicted octanol–water partition coefficient (Wildman–Crippen LogP) is 6.19. The number of benzene rings is 5. The van der Waals surface area contributed by atoms with Crippen molar-refractivity contribution >= 4 is 54.3 Å². The van der Waals surface area contributed by atoms with E-state index in [0.717, 1.165) is 21.9 Å². The Morgan fingerprint density at radius 2 is 1.21 bits per heavy atom. The molecule has 0 aliphatic rings. The normalized spacial score (nSPS) is 12.3. The number of hydrogen-bond acceptors (Lipinski definition) is 2. The Kier molecular flexibility index (Phi) is 2.02. The van der Waals surface area contributed by atoms with Gasteiger partial charge in [0.1, 0.15) is 16.9 Å². The average Bonchev–Trinajstić information content (AvgIpc) is 2.99. The minimum atomic E-state index is 0.294. The van der Waals surface area contributed by atoms with Crippen molar-refractivity contribution in [3.8, 4) is 5.75 Å². The molecule has 2 nitrogen and oxygen atoms in total. The van der Waals surface area contributed by atoms with Crippen LogP contribution in [-0.2, 0) is 0 Å². The van der Waals surface area contributed by atoms with Gasteiger partial charge in [-0.15, -0.1) is 0 Å². The largest absolute Gasteiger partial charge is 0.508 e. The molecule has 24 heavy (non-hydrogen) atoms.